The van der Waals surface area contributed by atoms with Gasteiger partial charge < -0.3 is 9.72 Å². The van der Waals surface area contributed by atoms with E-state index in [2.05, 4.69) is 15.0 Å². The van der Waals surface area contributed by atoms with Crippen molar-refractivity contribution in [1.82, 2.24) is 15.0 Å². The second kappa shape index (κ2) is 4.72. The minimum atomic E-state index is 0.248. The lowest BCUT2D eigenvalue weighted by atomic mass is 10.2. The number of halogens is 2. The quantitative estimate of drug-likeness (QED) is 0.728. The molecule has 0 saturated heterocycles. The molecule has 0 atom stereocenters. The van der Waals surface area contributed by atoms with Crippen molar-refractivity contribution >= 4 is 34.4 Å². The molecule has 1 N–H and O–H groups in total. The van der Waals surface area contributed by atoms with Crippen LogP contribution in [0.4, 0.5) is 0 Å². The Morgan fingerprint density at radius 2 is 2.00 bits per heavy atom. The number of pyridine rings is 1. The minimum Gasteiger partial charge on any atom is -0.497 e. The molecule has 0 aliphatic heterocycles. The highest BCUT2D eigenvalue weighted by Crippen LogP contribution is 2.27. The normalized spacial score (nSPS) is 10.9. The lowest BCUT2D eigenvalue weighted by Gasteiger charge is -2.01. The predicted molar refractivity (Wildman–Crippen MR) is 75.9 cm³/mol. The molecule has 2 heterocycles. The first-order valence-electron chi connectivity index (χ1n) is 5.53. The van der Waals surface area contributed by atoms with Crippen molar-refractivity contribution in [2.75, 3.05) is 7.11 Å². The van der Waals surface area contributed by atoms with E-state index in [4.69, 9.17) is 27.9 Å². The summed E-state index contributed by atoms with van der Waals surface area (Å²) in [6.07, 6.45) is 0. The van der Waals surface area contributed by atoms with Crippen LogP contribution in [0.1, 0.15) is 0 Å². The van der Waals surface area contributed by atoms with Crippen LogP contribution in [0.25, 0.3) is 22.6 Å². The molecule has 0 unspecified atom stereocenters. The number of nitrogens with one attached hydrogen (secondary N) is 1. The van der Waals surface area contributed by atoms with Gasteiger partial charge in [-0.1, -0.05) is 35.3 Å². The summed E-state index contributed by atoms with van der Waals surface area (Å²) in [6, 6.07) is 9.31. The van der Waals surface area contributed by atoms with Gasteiger partial charge in [0.1, 0.15) is 16.7 Å². The van der Waals surface area contributed by atoms with Crippen LogP contribution in [-0.2, 0) is 0 Å². The Balaban J connectivity index is 2.14. The number of aromatic amines is 1. The SMILES string of the molecule is COc1cccc(-c2nc3nc(Cl)c(Cl)cc3[nH]2)c1. The zero-order valence-corrected chi connectivity index (χ0v) is 11.5. The Kier molecular flexibility index (Phi) is 3.05. The van der Waals surface area contributed by atoms with Crippen LogP contribution in [0.3, 0.4) is 0 Å². The standard InChI is InChI=1S/C13H9Cl2N3O/c1-19-8-4-2-3-7(5-8)12-16-10-6-9(14)11(15)17-13(10)18-12/h2-6H,1H3,(H,16,17,18). The van der Waals surface area contributed by atoms with Crippen molar-refractivity contribution in [3.05, 3.63) is 40.5 Å². The first-order chi connectivity index (χ1) is 9.17. The minimum absolute atomic E-state index is 0.248. The molecule has 0 bridgehead atoms. The Morgan fingerprint density at radius 1 is 1.16 bits per heavy atom. The van der Waals surface area contributed by atoms with E-state index in [9.17, 15) is 0 Å². The Hall–Kier alpha value is -1.78. The molecule has 6 heteroatoms. The smallest absolute Gasteiger partial charge is 0.179 e. The number of fused-ring (bicyclic) bond motifs is 1. The summed E-state index contributed by atoms with van der Waals surface area (Å²) in [5.41, 5.74) is 2.18. The number of rotatable bonds is 2. The summed E-state index contributed by atoms with van der Waals surface area (Å²) >= 11 is 11.8. The summed E-state index contributed by atoms with van der Waals surface area (Å²) < 4.78 is 5.19. The van der Waals surface area contributed by atoms with Gasteiger partial charge in [0, 0.05) is 5.56 Å². The zero-order chi connectivity index (χ0) is 13.4. The lowest BCUT2D eigenvalue weighted by Crippen LogP contribution is -1.84. The highest BCUT2D eigenvalue weighted by Gasteiger charge is 2.10. The highest BCUT2D eigenvalue weighted by molar-refractivity contribution is 6.41. The topological polar surface area (TPSA) is 50.8 Å². The lowest BCUT2D eigenvalue weighted by molar-refractivity contribution is 0.415. The maximum absolute atomic E-state index is 5.93. The van der Waals surface area contributed by atoms with Crippen LogP contribution >= 0.6 is 23.2 Å². The molecule has 19 heavy (non-hydrogen) atoms. The van der Waals surface area contributed by atoms with E-state index >= 15 is 0 Å². The van der Waals surface area contributed by atoms with E-state index in [1.54, 1.807) is 13.2 Å². The molecule has 4 nitrogen and oxygen atoms in total. The average molecular weight is 294 g/mol. The Morgan fingerprint density at radius 3 is 2.79 bits per heavy atom. The summed E-state index contributed by atoms with van der Waals surface area (Å²) in [4.78, 5) is 11.7. The zero-order valence-electron chi connectivity index (χ0n) is 9.95. The molecule has 2 aromatic heterocycles. The largest absolute Gasteiger partial charge is 0.497 e. The number of imidazole rings is 1. The molecule has 1 aromatic carbocycles. The van der Waals surface area contributed by atoms with Crippen molar-refractivity contribution in [3.63, 3.8) is 0 Å². The maximum atomic E-state index is 5.93. The monoisotopic (exact) mass is 293 g/mol. The fourth-order valence-electron chi connectivity index (χ4n) is 1.80. The Labute approximate surface area is 119 Å². The predicted octanol–water partition coefficient (Wildman–Crippen LogP) is 3.94. The number of ether oxygens (including phenoxy) is 1. The third-order valence-electron chi connectivity index (χ3n) is 2.73. The van der Waals surface area contributed by atoms with E-state index in [1.807, 2.05) is 24.3 Å². The molecular weight excluding hydrogens is 285 g/mol. The number of methoxy groups -OCH3 is 1. The van der Waals surface area contributed by atoms with Gasteiger partial charge in [-0.2, -0.15) is 0 Å². The van der Waals surface area contributed by atoms with Crippen molar-refractivity contribution in [2.24, 2.45) is 0 Å². The fraction of sp³-hybridized carbons (Fsp3) is 0.0769. The van der Waals surface area contributed by atoms with E-state index in [0.29, 0.717) is 16.5 Å². The molecule has 96 valence electrons. The first-order valence-corrected chi connectivity index (χ1v) is 6.29. The van der Waals surface area contributed by atoms with Crippen molar-refractivity contribution < 1.29 is 4.74 Å². The molecule has 0 amide bonds. The summed E-state index contributed by atoms with van der Waals surface area (Å²) in [7, 11) is 1.62. The van der Waals surface area contributed by atoms with Crippen LogP contribution in [0.5, 0.6) is 5.75 Å². The van der Waals surface area contributed by atoms with Gasteiger partial charge in [-0.05, 0) is 18.2 Å². The van der Waals surface area contributed by atoms with Crippen molar-refractivity contribution in [2.45, 2.75) is 0 Å². The molecular formula is C13H9Cl2N3O. The van der Waals surface area contributed by atoms with Gasteiger partial charge in [0.2, 0.25) is 0 Å². The number of aromatic nitrogens is 3. The molecule has 0 radical (unpaired) electrons. The number of hydrogen-bond donors (Lipinski definition) is 1. The summed E-state index contributed by atoms with van der Waals surface area (Å²) in [5, 5.41) is 0.646. The highest BCUT2D eigenvalue weighted by atomic mass is 35.5. The van der Waals surface area contributed by atoms with Crippen molar-refractivity contribution in [3.8, 4) is 17.1 Å². The van der Waals surface area contributed by atoms with Crippen LogP contribution in [0.2, 0.25) is 10.2 Å². The van der Waals surface area contributed by atoms with Gasteiger partial charge in [0.05, 0.1) is 17.6 Å². The average Bonchev–Trinajstić information content (AvgIpc) is 2.82. The third kappa shape index (κ3) is 2.25. The van der Waals surface area contributed by atoms with Gasteiger partial charge >= 0.3 is 0 Å². The van der Waals surface area contributed by atoms with Gasteiger partial charge in [0.15, 0.2) is 5.65 Å². The summed E-state index contributed by atoms with van der Waals surface area (Å²) in [6.45, 7) is 0. The van der Waals surface area contributed by atoms with Crippen LogP contribution in [0, 0.1) is 0 Å². The number of nitrogens with zero attached hydrogens (tertiary/aromatic N) is 2. The van der Waals surface area contributed by atoms with Gasteiger partial charge in [-0.3, -0.25) is 0 Å². The molecule has 0 spiro atoms. The fourth-order valence-corrected chi connectivity index (χ4v) is 2.09. The first kappa shape index (κ1) is 12.3. The molecule has 0 fully saturated rings. The molecule has 0 aliphatic carbocycles. The molecule has 3 rings (SSSR count). The van der Waals surface area contributed by atoms with Gasteiger partial charge in [0.25, 0.3) is 0 Å². The van der Waals surface area contributed by atoms with E-state index < -0.39 is 0 Å². The number of H-pyrrole nitrogens is 1. The van der Waals surface area contributed by atoms with E-state index in [1.165, 1.54) is 0 Å². The number of hydrogen-bond acceptors (Lipinski definition) is 3. The third-order valence-corrected chi connectivity index (χ3v) is 3.40. The van der Waals surface area contributed by atoms with Crippen molar-refractivity contribution in [1.29, 1.82) is 0 Å². The number of benzene rings is 1. The van der Waals surface area contributed by atoms with Crippen LogP contribution < -0.4 is 4.74 Å². The molecule has 3 aromatic rings. The van der Waals surface area contributed by atoms with E-state index in [-0.39, 0.29) is 5.15 Å². The molecule has 0 saturated carbocycles. The van der Waals surface area contributed by atoms with Crippen LogP contribution in [0.15, 0.2) is 30.3 Å². The second-order valence-corrected chi connectivity index (χ2v) is 4.71. The van der Waals surface area contributed by atoms with Gasteiger partial charge in [-0.15, -0.1) is 0 Å². The van der Waals surface area contributed by atoms with Gasteiger partial charge in [-0.25, -0.2) is 9.97 Å². The summed E-state index contributed by atoms with van der Waals surface area (Å²) in [5.74, 6) is 1.46. The van der Waals surface area contributed by atoms with E-state index in [0.717, 1.165) is 16.8 Å². The second-order valence-electron chi connectivity index (χ2n) is 3.95. The maximum Gasteiger partial charge on any atom is 0.179 e. The van der Waals surface area contributed by atoms with Crippen LogP contribution in [-0.4, -0.2) is 22.1 Å². The Bertz CT molecular complexity index is 716. The molecule has 0 aliphatic rings.